The van der Waals surface area contributed by atoms with Crippen LogP contribution >= 0.6 is 0 Å². The molecule has 0 aliphatic carbocycles. The van der Waals surface area contributed by atoms with Crippen LogP contribution in [0.1, 0.15) is 37.3 Å². The van der Waals surface area contributed by atoms with Gasteiger partial charge in [-0.25, -0.2) is 0 Å². The Labute approximate surface area is 91.8 Å². The monoisotopic (exact) mass is 199 g/mol. The smallest absolute Gasteiger partial charge is 0.153 e. The van der Waals surface area contributed by atoms with Gasteiger partial charge < -0.3 is 0 Å². The van der Waals surface area contributed by atoms with E-state index in [-0.39, 0.29) is 0 Å². The fourth-order valence-corrected chi connectivity index (χ4v) is 2.26. The molecule has 1 nitrogen and oxygen atoms in total. The van der Waals surface area contributed by atoms with E-state index in [1.54, 1.807) is 0 Å². The van der Waals surface area contributed by atoms with Gasteiger partial charge in [-0.15, -0.1) is 23.8 Å². The molecule has 2 unspecified atom stereocenters. The molecule has 2 rings (SSSR count). The molecule has 1 aliphatic rings. The van der Waals surface area contributed by atoms with Gasteiger partial charge in [-0.3, -0.25) is 4.58 Å². The zero-order chi connectivity index (χ0) is 10.8. The molecule has 0 radical (unpaired) electrons. The maximum atomic E-state index is 3.84. The van der Waals surface area contributed by atoms with Gasteiger partial charge in [0.25, 0.3) is 0 Å². The molecule has 1 aromatic carbocycles. The van der Waals surface area contributed by atoms with Crippen molar-refractivity contribution in [2.24, 2.45) is 0 Å². The predicted octanol–water partition coefficient (Wildman–Crippen LogP) is 3.03. The molecule has 78 valence electrons. The highest BCUT2D eigenvalue weighted by molar-refractivity contribution is 5.78. The van der Waals surface area contributed by atoms with Crippen LogP contribution in [0, 0.1) is 0 Å². The van der Waals surface area contributed by atoms with Crippen LogP contribution in [-0.4, -0.2) is 16.8 Å². The minimum Gasteiger partial charge on any atom is -0.279 e. The third kappa shape index (κ3) is 1.87. The van der Waals surface area contributed by atoms with Crippen molar-refractivity contribution >= 4 is 6.21 Å². The fourth-order valence-electron chi connectivity index (χ4n) is 2.26. The van der Waals surface area contributed by atoms with E-state index in [1.165, 1.54) is 11.1 Å². The second-order valence-corrected chi connectivity index (χ2v) is 4.27. The fraction of sp³-hybridized carbons (Fsp3) is 0.357. The highest BCUT2D eigenvalue weighted by Crippen LogP contribution is 2.26. The second-order valence-electron chi connectivity index (χ2n) is 4.27. The van der Waals surface area contributed by atoms with E-state index in [4.69, 9.17) is 0 Å². The zero-order valence-electron chi connectivity index (χ0n) is 9.40. The summed E-state index contributed by atoms with van der Waals surface area (Å²) in [4.78, 5) is 0. The lowest BCUT2D eigenvalue weighted by Crippen LogP contribution is -2.18. The molecule has 1 heterocycles. The first kappa shape index (κ1) is 10.2. The van der Waals surface area contributed by atoms with E-state index in [9.17, 15) is 0 Å². The zero-order valence-corrected chi connectivity index (χ0v) is 9.40. The Kier molecular flexibility index (Phi) is 2.72. The summed E-state index contributed by atoms with van der Waals surface area (Å²) in [6.45, 7) is 8.34. The molecular formula is C14H17N. The van der Waals surface area contributed by atoms with E-state index in [2.05, 4.69) is 55.5 Å². The van der Waals surface area contributed by atoms with Gasteiger partial charge in [0.1, 0.15) is 6.04 Å². The Hall–Kier alpha value is -1.37. The maximum Gasteiger partial charge on any atom is 0.153 e. The second kappa shape index (κ2) is 4.01. The maximum absolute atomic E-state index is 3.84. The van der Waals surface area contributed by atoms with Gasteiger partial charge in [0, 0.05) is 6.42 Å². The molecular weight excluding hydrogens is 182 g/mol. The lowest BCUT2D eigenvalue weighted by molar-refractivity contribution is -0.491. The van der Waals surface area contributed by atoms with Crippen LogP contribution < -0.4 is 0 Å². The Bertz CT molecular complexity index is 404. The Morgan fingerprint density at radius 2 is 2.13 bits per heavy atom. The molecule has 1 aromatic rings. The molecule has 0 spiro atoms. The summed E-state index contributed by atoms with van der Waals surface area (Å²) in [5.74, 6) is 0.591. The van der Waals surface area contributed by atoms with Crippen LogP contribution in [0.3, 0.4) is 0 Å². The van der Waals surface area contributed by atoms with Crippen molar-refractivity contribution in [3.63, 3.8) is 0 Å². The molecule has 0 fully saturated rings. The molecule has 1 aliphatic heterocycles. The quantitative estimate of drug-likeness (QED) is 0.483. The van der Waals surface area contributed by atoms with Gasteiger partial charge in [0.15, 0.2) is 6.21 Å². The Morgan fingerprint density at radius 3 is 2.87 bits per heavy atom. The molecule has 0 bridgehead atoms. The molecule has 2 atom stereocenters. The molecule has 15 heavy (non-hydrogen) atoms. The average molecular weight is 199 g/mol. The van der Waals surface area contributed by atoms with Gasteiger partial charge in [-0.05, 0) is 12.8 Å². The van der Waals surface area contributed by atoms with Crippen molar-refractivity contribution in [1.29, 1.82) is 0 Å². The molecule has 0 amide bonds. The van der Waals surface area contributed by atoms with Gasteiger partial charge >= 0.3 is 0 Å². The minimum atomic E-state index is 0.477. The van der Waals surface area contributed by atoms with Crippen molar-refractivity contribution in [2.75, 3.05) is 0 Å². The largest absolute Gasteiger partial charge is 0.279 e. The summed E-state index contributed by atoms with van der Waals surface area (Å²) in [7, 11) is 0. The van der Waals surface area contributed by atoms with Crippen molar-refractivity contribution in [2.45, 2.75) is 32.2 Å². The summed E-state index contributed by atoms with van der Waals surface area (Å²) in [5.41, 5.74) is 2.60. The van der Waals surface area contributed by atoms with Crippen LogP contribution in [0.25, 0.3) is 0 Å². The average Bonchev–Trinajstić information content (AvgIpc) is 2.36. The van der Waals surface area contributed by atoms with Crippen molar-refractivity contribution in [3.8, 4) is 0 Å². The van der Waals surface area contributed by atoms with E-state index in [0.29, 0.717) is 12.0 Å². The van der Waals surface area contributed by atoms with Crippen molar-refractivity contribution < 1.29 is 4.58 Å². The van der Waals surface area contributed by atoms with Crippen molar-refractivity contribution in [1.82, 2.24) is 0 Å². The van der Waals surface area contributed by atoms with E-state index >= 15 is 0 Å². The standard InChI is InChI=1S/C14H17N/c1-4-15-10-13-7-5-6-8-14(13)11(2)9-12(15)3/h4-8,11-12H,1,9H2,2-3H3. The predicted molar refractivity (Wildman–Crippen MR) is 63.5 cm³/mol. The van der Waals surface area contributed by atoms with Gasteiger partial charge in [-0.1, -0.05) is 25.1 Å². The SMILES string of the molecule is C=C[N+]1=[C-]c2ccccc2C(C)CC1C. The number of hydrogen-bond acceptors (Lipinski definition) is 0. The topological polar surface area (TPSA) is 3.01 Å². The summed E-state index contributed by atoms with van der Waals surface area (Å²) < 4.78 is 2.09. The third-order valence-electron chi connectivity index (χ3n) is 3.11. The number of rotatable bonds is 1. The Balaban J connectivity index is 2.53. The first-order chi connectivity index (χ1) is 7.22. The third-order valence-corrected chi connectivity index (χ3v) is 3.11. The van der Waals surface area contributed by atoms with Gasteiger partial charge in [0.05, 0.1) is 6.20 Å². The highest BCUT2D eigenvalue weighted by atomic mass is 15.0. The van der Waals surface area contributed by atoms with E-state index in [1.807, 2.05) is 6.20 Å². The lowest BCUT2D eigenvalue weighted by Gasteiger charge is -2.15. The molecule has 0 saturated heterocycles. The number of fused-ring (bicyclic) bond motifs is 1. The minimum absolute atomic E-state index is 0.477. The van der Waals surface area contributed by atoms with E-state index in [0.717, 1.165) is 6.42 Å². The first-order valence-electron chi connectivity index (χ1n) is 5.49. The number of hydrogen-bond donors (Lipinski definition) is 0. The van der Waals surface area contributed by atoms with Crippen LogP contribution in [0.2, 0.25) is 0 Å². The van der Waals surface area contributed by atoms with E-state index < -0.39 is 0 Å². The normalized spacial score (nSPS) is 25.1. The van der Waals surface area contributed by atoms with Crippen LogP contribution in [-0.2, 0) is 0 Å². The summed E-state index contributed by atoms with van der Waals surface area (Å²) in [5, 5.41) is 0. The van der Waals surface area contributed by atoms with Crippen LogP contribution in [0.15, 0.2) is 37.0 Å². The number of benzene rings is 1. The molecule has 0 aromatic heterocycles. The summed E-state index contributed by atoms with van der Waals surface area (Å²) in [6, 6.07) is 8.97. The van der Waals surface area contributed by atoms with Crippen LogP contribution in [0.4, 0.5) is 0 Å². The van der Waals surface area contributed by atoms with Crippen LogP contribution in [0.5, 0.6) is 0 Å². The summed E-state index contributed by atoms with van der Waals surface area (Å²) in [6.07, 6.45) is 6.41. The first-order valence-corrected chi connectivity index (χ1v) is 5.49. The molecule has 0 N–H and O–H groups in total. The molecule has 1 heteroatoms. The lowest BCUT2D eigenvalue weighted by atomic mass is 9.92. The van der Waals surface area contributed by atoms with Gasteiger partial charge in [-0.2, -0.15) is 0 Å². The Morgan fingerprint density at radius 1 is 1.40 bits per heavy atom. The summed E-state index contributed by atoms with van der Waals surface area (Å²) >= 11 is 0. The van der Waals surface area contributed by atoms with Gasteiger partial charge in [0.2, 0.25) is 0 Å². The highest BCUT2D eigenvalue weighted by Gasteiger charge is 2.19. The number of nitrogens with zero attached hydrogens (tertiary/aromatic N) is 1. The molecule has 0 saturated carbocycles. The van der Waals surface area contributed by atoms with Crippen molar-refractivity contribution in [3.05, 3.63) is 48.2 Å².